The Morgan fingerprint density at radius 1 is 1.20 bits per heavy atom. The molecule has 1 amide bonds. The Labute approximate surface area is 146 Å². The zero-order chi connectivity index (χ0) is 17.8. The number of fused-ring (bicyclic) bond motifs is 1. The molecule has 1 aliphatic heterocycles. The molecule has 0 saturated carbocycles. The molecule has 132 valence electrons. The lowest BCUT2D eigenvalue weighted by molar-refractivity contribution is -0.133. The highest BCUT2D eigenvalue weighted by molar-refractivity contribution is 5.82. The normalized spacial score (nSPS) is 18.5. The van der Waals surface area contributed by atoms with E-state index in [9.17, 15) is 9.90 Å². The average molecular weight is 343 g/mol. The number of hydrogen-bond acceptors (Lipinski definition) is 5. The molecule has 0 saturated heterocycles. The molecule has 3 rings (SSSR count). The Balaban J connectivity index is 1.64. The van der Waals surface area contributed by atoms with E-state index in [1.54, 1.807) is 31.2 Å². The van der Waals surface area contributed by atoms with E-state index in [0.717, 1.165) is 5.56 Å². The van der Waals surface area contributed by atoms with Gasteiger partial charge in [-0.25, -0.2) is 0 Å². The molecular weight excluding hydrogens is 322 g/mol. The molecular formula is C19H21NO5. The molecule has 6 heteroatoms. The van der Waals surface area contributed by atoms with Gasteiger partial charge in [0.2, 0.25) is 6.10 Å². The van der Waals surface area contributed by atoms with Crippen molar-refractivity contribution in [2.24, 2.45) is 0 Å². The van der Waals surface area contributed by atoms with Crippen molar-refractivity contribution < 1.29 is 24.1 Å². The number of para-hydroxylation sites is 2. The van der Waals surface area contributed by atoms with Crippen molar-refractivity contribution in [1.29, 1.82) is 0 Å². The van der Waals surface area contributed by atoms with E-state index in [1.807, 2.05) is 25.1 Å². The predicted molar refractivity (Wildman–Crippen MR) is 92.1 cm³/mol. The van der Waals surface area contributed by atoms with E-state index in [1.165, 1.54) is 0 Å². The monoisotopic (exact) mass is 343 g/mol. The fourth-order valence-corrected chi connectivity index (χ4v) is 2.64. The van der Waals surface area contributed by atoms with Gasteiger partial charge in [0, 0.05) is 6.54 Å². The van der Waals surface area contributed by atoms with Crippen molar-refractivity contribution in [1.82, 2.24) is 5.32 Å². The third kappa shape index (κ3) is 3.79. The van der Waals surface area contributed by atoms with Crippen LogP contribution in [0.25, 0.3) is 0 Å². The van der Waals surface area contributed by atoms with Crippen LogP contribution in [0.3, 0.4) is 0 Å². The number of ether oxygens (including phenoxy) is 3. The Hall–Kier alpha value is -2.89. The molecule has 0 radical (unpaired) electrons. The lowest BCUT2D eigenvalue weighted by Gasteiger charge is -2.31. The molecule has 0 unspecified atom stereocenters. The number of amides is 1. The Morgan fingerprint density at radius 3 is 2.64 bits per heavy atom. The van der Waals surface area contributed by atoms with E-state index in [-0.39, 0.29) is 11.7 Å². The number of phenols is 1. The van der Waals surface area contributed by atoms with Gasteiger partial charge in [-0.1, -0.05) is 18.2 Å². The van der Waals surface area contributed by atoms with Crippen molar-refractivity contribution in [2.75, 3.05) is 6.61 Å². The second-order valence-corrected chi connectivity index (χ2v) is 5.76. The zero-order valence-corrected chi connectivity index (χ0v) is 14.2. The summed E-state index contributed by atoms with van der Waals surface area (Å²) in [5.74, 6) is 1.41. The Kier molecular flexibility index (Phi) is 4.97. The predicted octanol–water partition coefficient (Wildman–Crippen LogP) is 2.64. The van der Waals surface area contributed by atoms with Crippen LogP contribution in [0, 0.1) is 0 Å². The molecule has 1 heterocycles. The second kappa shape index (κ2) is 7.34. The van der Waals surface area contributed by atoms with Gasteiger partial charge in [-0.3, -0.25) is 4.79 Å². The fraction of sp³-hybridized carbons (Fsp3) is 0.316. The standard InChI is InChI=1S/C19H21NO5/c1-3-23-17-10-13(8-9-14(17)21)11-20-19(22)18-12(2)24-15-6-4-5-7-16(15)25-18/h4-10,12,18,21H,3,11H2,1-2H3,(H,20,22)/t12-,18-/m1/s1. The number of carbonyl (C=O) groups is 1. The summed E-state index contributed by atoms with van der Waals surface area (Å²) < 4.78 is 16.9. The number of hydrogen-bond donors (Lipinski definition) is 2. The zero-order valence-electron chi connectivity index (χ0n) is 14.2. The molecule has 2 atom stereocenters. The van der Waals surface area contributed by atoms with Crippen molar-refractivity contribution in [3.8, 4) is 23.0 Å². The summed E-state index contributed by atoms with van der Waals surface area (Å²) in [4.78, 5) is 12.5. The highest BCUT2D eigenvalue weighted by Crippen LogP contribution is 2.33. The molecule has 1 aliphatic rings. The molecule has 0 aromatic heterocycles. The van der Waals surface area contributed by atoms with Gasteiger partial charge in [-0.05, 0) is 43.7 Å². The van der Waals surface area contributed by atoms with E-state index in [2.05, 4.69) is 5.32 Å². The SMILES string of the molecule is CCOc1cc(CNC(=O)[C@@H]2Oc3ccccc3O[C@@H]2C)ccc1O. The van der Waals surface area contributed by atoms with Crippen LogP contribution in [0.1, 0.15) is 19.4 Å². The van der Waals surface area contributed by atoms with Gasteiger partial charge in [0.05, 0.1) is 6.61 Å². The molecule has 2 N–H and O–H groups in total. The lowest BCUT2D eigenvalue weighted by Crippen LogP contribution is -2.48. The molecule has 0 aliphatic carbocycles. The molecule has 0 fully saturated rings. The minimum Gasteiger partial charge on any atom is -0.504 e. The third-order valence-electron chi connectivity index (χ3n) is 3.89. The summed E-state index contributed by atoms with van der Waals surface area (Å²) in [6, 6.07) is 12.3. The number of nitrogens with one attached hydrogen (secondary N) is 1. The van der Waals surface area contributed by atoms with E-state index in [0.29, 0.717) is 30.4 Å². The maximum absolute atomic E-state index is 12.5. The van der Waals surface area contributed by atoms with E-state index >= 15 is 0 Å². The Bertz CT molecular complexity index is 761. The smallest absolute Gasteiger partial charge is 0.265 e. The number of benzene rings is 2. The summed E-state index contributed by atoms with van der Waals surface area (Å²) in [6.07, 6.45) is -1.12. The number of rotatable bonds is 5. The highest BCUT2D eigenvalue weighted by atomic mass is 16.6. The Morgan fingerprint density at radius 2 is 1.92 bits per heavy atom. The highest BCUT2D eigenvalue weighted by Gasteiger charge is 2.33. The molecule has 6 nitrogen and oxygen atoms in total. The summed E-state index contributed by atoms with van der Waals surface area (Å²) in [5, 5.41) is 12.6. The molecule has 25 heavy (non-hydrogen) atoms. The minimum absolute atomic E-state index is 0.0752. The quantitative estimate of drug-likeness (QED) is 0.873. The molecule has 0 spiro atoms. The van der Waals surface area contributed by atoms with Gasteiger partial charge in [0.1, 0.15) is 6.10 Å². The third-order valence-corrected chi connectivity index (χ3v) is 3.89. The summed E-state index contributed by atoms with van der Waals surface area (Å²) >= 11 is 0. The van der Waals surface area contributed by atoms with Gasteiger partial charge >= 0.3 is 0 Å². The number of carbonyl (C=O) groups excluding carboxylic acids is 1. The first-order valence-corrected chi connectivity index (χ1v) is 8.23. The van der Waals surface area contributed by atoms with Crippen molar-refractivity contribution in [3.05, 3.63) is 48.0 Å². The van der Waals surface area contributed by atoms with Gasteiger partial charge < -0.3 is 24.6 Å². The lowest BCUT2D eigenvalue weighted by atomic mass is 10.1. The minimum atomic E-state index is -0.724. The first-order chi connectivity index (χ1) is 12.1. The molecule has 2 aromatic carbocycles. The van der Waals surface area contributed by atoms with Gasteiger partial charge in [-0.15, -0.1) is 0 Å². The van der Waals surface area contributed by atoms with Crippen molar-refractivity contribution >= 4 is 5.91 Å². The van der Waals surface area contributed by atoms with Gasteiger partial charge in [0.15, 0.2) is 23.0 Å². The maximum Gasteiger partial charge on any atom is 0.265 e. The van der Waals surface area contributed by atoms with Crippen LogP contribution >= 0.6 is 0 Å². The van der Waals surface area contributed by atoms with Crippen LogP contribution in [0.15, 0.2) is 42.5 Å². The maximum atomic E-state index is 12.5. The summed E-state index contributed by atoms with van der Waals surface area (Å²) in [7, 11) is 0. The van der Waals surface area contributed by atoms with Crippen LogP contribution in [0.2, 0.25) is 0 Å². The fourth-order valence-electron chi connectivity index (χ4n) is 2.64. The van der Waals surface area contributed by atoms with Crippen molar-refractivity contribution in [2.45, 2.75) is 32.6 Å². The first kappa shape index (κ1) is 17.0. The average Bonchev–Trinajstić information content (AvgIpc) is 2.61. The molecule has 2 aromatic rings. The van der Waals surface area contributed by atoms with Crippen molar-refractivity contribution in [3.63, 3.8) is 0 Å². The van der Waals surface area contributed by atoms with Crippen LogP contribution in [0.5, 0.6) is 23.0 Å². The number of aromatic hydroxyl groups is 1. The van der Waals surface area contributed by atoms with Crippen LogP contribution in [0.4, 0.5) is 0 Å². The topological polar surface area (TPSA) is 77.0 Å². The largest absolute Gasteiger partial charge is 0.504 e. The van der Waals surface area contributed by atoms with Gasteiger partial charge in [-0.2, -0.15) is 0 Å². The van der Waals surface area contributed by atoms with Gasteiger partial charge in [0.25, 0.3) is 5.91 Å². The second-order valence-electron chi connectivity index (χ2n) is 5.76. The van der Waals surface area contributed by atoms with Crippen LogP contribution < -0.4 is 19.5 Å². The van der Waals surface area contributed by atoms with E-state index in [4.69, 9.17) is 14.2 Å². The molecule has 0 bridgehead atoms. The summed E-state index contributed by atoms with van der Waals surface area (Å²) in [6.45, 7) is 4.39. The first-order valence-electron chi connectivity index (χ1n) is 8.23. The van der Waals surface area contributed by atoms with Crippen LogP contribution in [-0.2, 0) is 11.3 Å². The number of phenolic OH excluding ortho intramolecular Hbond substituents is 1. The summed E-state index contributed by atoms with van der Waals surface area (Å²) in [5.41, 5.74) is 0.819. The van der Waals surface area contributed by atoms with Crippen LogP contribution in [-0.4, -0.2) is 29.8 Å². The van der Waals surface area contributed by atoms with E-state index < -0.39 is 12.2 Å².